The molecule has 2 aromatic rings. The first kappa shape index (κ1) is 43.9. The van der Waals surface area contributed by atoms with Crippen molar-refractivity contribution in [2.75, 3.05) is 25.1 Å². The molecule has 0 bridgehead atoms. The van der Waals surface area contributed by atoms with Crippen LogP contribution in [-0.2, 0) is 34.4 Å². The van der Waals surface area contributed by atoms with E-state index >= 15 is 0 Å². The van der Waals surface area contributed by atoms with Crippen LogP contribution in [0.5, 0.6) is 0 Å². The van der Waals surface area contributed by atoms with Crippen LogP contribution >= 0.6 is 30.2 Å². The number of rotatable bonds is 8. The third-order valence-electron chi connectivity index (χ3n) is 4.08. The Morgan fingerprint density at radius 2 is 1.20 bits per heavy atom. The molecule has 6 N–H and O–H groups in total. The van der Waals surface area contributed by atoms with E-state index in [-0.39, 0.29) is 48.7 Å². The van der Waals surface area contributed by atoms with Crippen LogP contribution < -0.4 is 37.5 Å². The Kier molecular flexibility index (Phi) is 26.8. The minimum absolute atomic E-state index is 0. The molecule has 0 spiro atoms. The van der Waals surface area contributed by atoms with E-state index in [0.717, 1.165) is 0 Å². The zero-order chi connectivity index (χ0) is 32.6. The van der Waals surface area contributed by atoms with E-state index in [1.807, 2.05) is 0 Å². The van der Waals surface area contributed by atoms with E-state index < -0.39 is 26.0 Å². The zero-order valence-corrected chi connectivity index (χ0v) is 29.9. The molecule has 0 saturated carbocycles. The van der Waals surface area contributed by atoms with Gasteiger partial charge in [-0.3, -0.25) is 14.4 Å². The fourth-order valence-corrected chi connectivity index (χ4v) is 3.31. The molecule has 0 heterocycles. The average molecular weight is 872 g/mol. The number of aliphatic carboxylic acids is 1. The molecule has 2 radical (unpaired) electrons. The topological polar surface area (TPSA) is 202 Å². The molecule has 41 heavy (non-hydrogen) atoms. The van der Waals surface area contributed by atoms with E-state index in [2.05, 4.69) is 33.4 Å². The van der Waals surface area contributed by atoms with Gasteiger partial charge < -0.3 is 16.2 Å². The van der Waals surface area contributed by atoms with Gasteiger partial charge in [0, 0.05) is 34.9 Å². The van der Waals surface area contributed by atoms with Crippen molar-refractivity contribution in [2.45, 2.75) is 49.8 Å². The number of carboxylic acids is 1. The van der Waals surface area contributed by atoms with E-state index in [4.69, 9.17) is 28.1 Å². The summed E-state index contributed by atoms with van der Waals surface area (Å²) in [4.78, 5) is 30.4. The first-order chi connectivity index (χ1) is 19.0. The van der Waals surface area contributed by atoms with Crippen molar-refractivity contribution in [1.82, 2.24) is 9.44 Å². The van der Waals surface area contributed by atoms with E-state index in [1.54, 1.807) is 45.0 Å². The van der Waals surface area contributed by atoms with Gasteiger partial charge in [-0.15, -0.1) is 0 Å². The van der Waals surface area contributed by atoms with Gasteiger partial charge in [-0.05, 0) is 74.2 Å². The van der Waals surface area contributed by atoms with Gasteiger partial charge >= 0.3 is 47.3 Å². The minimum atomic E-state index is -3.41. The van der Waals surface area contributed by atoms with Crippen molar-refractivity contribution in [1.29, 1.82) is 0 Å². The van der Waals surface area contributed by atoms with Gasteiger partial charge in [0.25, 0.3) is 0 Å². The number of nitrogens with one attached hydrogen (secondary N) is 3. The summed E-state index contributed by atoms with van der Waals surface area (Å²) in [6, 6.07) is 12.0. The number of halogens is 3. The molecular weight excluding hydrogens is 824 g/mol. The van der Waals surface area contributed by atoms with Crippen LogP contribution in [0.15, 0.2) is 58.3 Å². The molecule has 238 valence electrons. The average Bonchev–Trinajstić information content (AvgIpc) is 2.94. The van der Waals surface area contributed by atoms with Crippen molar-refractivity contribution in [3.63, 3.8) is 0 Å². The van der Waals surface area contributed by atoms with Gasteiger partial charge in [0.05, 0.1) is 9.79 Å². The van der Waals surface area contributed by atoms with Gasteiger partial charge in [-0.25, -0.2) is 26.3 Å². The van der Waals surface area contributed by atoms with Crippen molar-refractivity contribution in [3.8, 4) is 0 Å². The van der Waals surface area contributed by atoms with Crippen molar-refractivity contribution in [3.05, 3.63) is 48.5 Å². The van der Waals surface area contributed by atoms with Gasteiger partial charge in [0.15, 0.2) is 0 Å². The van der Waals surface area contributed by atoms with Crippen LogP contribution in [0, 0.1) is 0 Å². The number of carboxylic acid groups (broad SMARTS) is 1. The van der Waals surface area contributed by atoms with Crippen LogP contribution in [0.4, 0.5) is 11.4 Å². The molecule has 0 aromatic heterocycles. The first-order valence-corrected chi connectivity index (χ1v) is 22.4. The number of amides is 1. The molecule has 0 fully saturated rings. The number of benzene rings is 2. The van der Waals surface area contributed by atoms with Crippen molar-refractivity contribution < 1.29 is 57.6 Å². The summed E-state index contributed by atoms with van der Waals surface area (Å²) in [5, 5.41) is 10.1. The number of carbonyl (C=O) groups is 3. The third-order valence-corrected chi connectivity index (χ3v) is 7.21. The van der Waals surface area contributed by atoms with E-state index in [1.165, 1.54) is 38.4 Å². The molecule has 1 amide bonds. The van der Waals surface area contributed by atoms with Crippen LogP contribution in [0.2, 0.25) is 0 Å². The molecule has 0 aliphatic carbocycles. The van der Waals surface area contributed by atoms with Gasteiger partial charge in [-0.2, -0.15) is 0 Å². The van der Waals surface area contributed by atoms with Gasteiger partial charge in [0.2, 0.25) is 31.2 Å². The Morgan fingerprint density at radius 3 is 1.44 bits per heavy atom. The fraction of sp³-hybridized carbons (Fsp3) is 0.348. The SMILES string of the molecule is CCC(=O)Cl.CCC(=O)Nc1ccc(S(=O)(=O)NC)cc1.CCC(=O)O.CNS(=O)(=O)c1ccc(N)cc1.[3HH].[3HH].[3HH].[B][I-]I. The Labute approximate surface area is 273 Å². The van der Waals surface area contributed by atoms with Crippen molar-refractivity contribution in [2.24, 2.45) is 0 Å². The zero-order valence-electron chi connectivity index (χ0n) is 23.2. The number of nitrogens with two attached hydrogens (primary N) is 1. The second-order valence-corrected chi connectivity index (χ2v) is 14.8. The van der Waals surface area contributed by atoms with Crippen LogP contribution in [0.1, 0.15) is 44.3 Å². The Balaban J connectivity index is -0.000000114. The monoisotopic (exact) mass is 871 g/mol. The molecule has 0 aliphatic rings. The van der Waals surface area contributed by atoms with Gasteiger partial charge in [-0.1, -0.05) is 20.8 Å². The predicted molar refractivity (Wildman–Crippen MR) is 174 cm³/mol. The summed E-state index contributed by atoms with van der Waals surface area (Å²) >= 11 is 7.06. The molecule has 0 saturated heterocycles. The van der Waals surface area contributed by atoms with E-state index in [9.17, 15) is 31.2 Å². The maximum absolute atomic E-state index is 11.4. The second kappa shape index (κ2) is 25.0. The summed E-state index contributed by atoms with van der Waals surface area (Å²) in [6.45, 7) is 5.06. The fourth-order valence-electron chi connectivity index (χ4n) is 1.85. The molecule has 0 atom stereocenters. The molecule has 2 aromatic carbocycles. The maximum atomic E-state index is 11.4. The van der Waals surface area contributed by atoms with Crippen LogP contribution in [-0.4, -0.2) is 58.9 Å². The third kappa shape index (κ3) is 23.7. The standard InChI is InChI=1S/C10H14N2O3S.C7H10N2O2S.C3H5ClO.C3H6O2.BI2.3H2/c1-3-10(13)12-8-4-6-9(7-5-8)16(14,15)11-2;1-9-12(10,11)7-4-2-6(8)3-5-7;2*1-2-3(4)5;1-3-2;;;/h4-7,11H,3H2,1-2H3,(H,12,13);2-5,9H,8H2,1H3;2H2,1H3;2H2,1H3,(H,4,5);;3*1H/q;;;;-1;;;/i;;;;;3*1+2. The summed E-state index contributed by atoms with van der Waals surface area (Å²) in [6.07, 6.45) is 1.04. The van der Waals surface area contributed by atoms with Crippen molar-refractivity contribution >= 4 is 84.5 Å². The Morgan fingerprint density at radius 1 is 0.878 bits per heavy atom. The van der Waals surface area contributed by atoms with E-state index in [0.29, 0.717) is 24.2 Å². The van der Waals surface area contributed by atoms with Gasteiger partial charge in [0.1, 0.15) is 0 Å². The summed E-state index contributed by atoms with van der Waals surface area (Å²) in [5.41, 5.74) is 11.5. The van der Waals surface area contributed by atoms with Crippen LogP contribution in [0.25, 0.3) is 0 Å². The molecule has 0 unspecified atom stereocenters. The number of sulfonamides is 2. The molecule has 0 aliphatic heterocycles. The first-order valence-electron chi connectivity index (χ1n) is 11.5. The molecule has 12 nitrogen and oxygen atoms in total. The predicted octanol–water partition coefficient (Wildman–Crippen LogP) is 1.01. The molecule has 2 rings (SSSR count). The number of hydrogen-bond donors (Lipinski definition) is 5. The summed E-state index contributed by atoms with van der Waals surface area (Å²) < 4.78 is 49.5. The number of carbonyl (C=O) groups excluding carboxylic acids is 2. The number of nitrogen functional groups attached to an aromatic ring is 1. The number of hydrogen-bond acceptors (Lipinski definition) is 8. The number of anilines is 2. The summed E-state index contributed by atoms with van der Waals surface area (Å²) in [5.74, 6) is -0.853. The quantitative estimate of drug-likeness (QED) is 0.111. The summed E-state index contributed by atoms with van der Waals surface area (Å²) in [7, 11) is -4.02. The molecule has 18 heteroatoms. The Hall–Kier alpha value is -1.52. The second-order valence-electron chi connectivity index (χ2n) is 6.95. The van der Waals surface area contributed by atoms with Crippen LogP contribution in [0.3, 0.4) is 0 Å². The normalized spacial score (nSPS) is 10.0. The molecular formula is C23H41BClI2N4O8S2-. The Bertz CT molecular complexity index is 1260.